The molecule has 0 fully saturated rings. The van der Waals surface area contributed by atoms with Gasteiger partial charge in [-0.3, -0.25) is 4.79 Å². The quantitative estimate of drug-likeness (QED) is 0.173. The summed E-state index contributed by atoms with van der Waals surface area (Å²) in [6, 6.07) is -0.715. The van der Waals surface area contributed by atoms with Crippen LogP contribution >= 0.6 is 0 Å². The summed E-state index contributed by atoms with van der Waals surface area (Å²) < 4.78 is 4.80. The van der Waals surface area contributed by atoms with Crippen LogP contribution in [0.25, 0.3) is 0 Å². The van der Waals surface area contributed by atoms with Gasteiger partial charge in [0.15, 0.2) is 0 Å². The SMILES string of the molecule is CCCCCCCCCCCCCC(=O)OC(=O)[C@@H](N)CCCCN.[Na]. The van der Waals surface area contributed by atoms with Crippen molar-refractivity contribution in [2.24, 2.45) is 11.5 Å². The van der Waals surface area contributed by atoms with E-state index in [1.807, 2.05) is 0 Å². The van der Waals surface area contributed by atoms with Crippen molar-refractivity contribution in [3.63, 3.8) is 0 Å². The minimum Gasteiger partial charge on any atom is -0.392 e. The zero-order valence-corrected chi connectivity index (χ0v) is 19.3. The summed E-state index contributed by atoms with van der Waals surface area (Å²) in [4.78, 5) is 23.3. The van der Waals surface area contributed by atoms with Gasteiger partial charge in [0.05, 0.1) is 0 Å². The Morgan fingerprint density at radius 2 is 1.31 bits per heavy atom. The first kappa shape index (κ1) is 28.3. The molecule has 1 atom stereocenters. The molecule has 0 aromatic rings. The number of ether oxygens (including phenoxy) is 1. The number of hydrogen-bond acceptors (Lipinski definition) is 5. The Labute approximate surface area is 182 Å². The van der Waals surface area contributed by atoms with Gasteiger partial charge in [0.2, 0.25) is 0 Å². The molecular formula is C20H40N2NaO3. The van der Waals surface area contributed by atoms with Gasteiger partial charge in [-0.25, -0.2) is 4.79 Å². The minimum absolute atomic E-state index is 0. The van der Waals surface area contributed by atoms with Crippen LogP contribution in [0.2, 0.25) is 0 Å². The van der Waals surface area contributed by atoms with Crippen molar-refractivity contribution in [2.45, 2.75) is 109 Å². The predicted octanol–water partition coefficient (Wildman–Crippen LogP) is 3.83. The Balaban J connectivity index is 0. The van der Waals surface area contributed by atoms with E-state index in [-0.39, 0.29) is 29.6 Å². The summed E-state index contributed by atoms with van der Waals surface area (Å²) >= 11 is 0. The molecule has 6 heteroatoms. The third kappa shape index (κ3) is 18.8. The summed E-state index contributed by atoms with van der Waals surface area (Å²) in [5, 5.41) is 0. The molecule has 0 bridgehead atoms. The van der Waals surface area contributed by atoms with E-state index < -0.39 is 18.0 Å². The molecule has 0 saturated carbocycles. The first-order valence-electron chi connectivity index (χ1n) is 10.3. The van der Waals surface area contributed by atoms with Crippen molar-refractivity contribution in [3.8, 4) is 0 Å². The molecular weight excluding hydrogens is 339 g/mol. The maximum Gasteiger partial charge on any atom is 0.330 e. The molecule has 4 N–H and O–H groups in total. The van der Waals surface area contributed by atoms with E-state index in [2.05, 4.69) is 6.92 Å². The maximum absolute atomic E-state index is 11.6. The topological polar surface area (TPSA) is 95.4 Å². The molecule has 0 saturated heterocycles. The number of carbonyl (C=O) groups excluding carboxylic acids is 2. The van der Waals surface area contributed by atoms with Crippen molar-refractivity contribution >= 4 is 41.5 Å². The summed E-state index contributed by atoms with van der Waals surface area (Å²) in [6.45, 7) is 2.82. The van der Waals surface area contributed by atoms with Gasteiger partial charge in [-0.2, -0.15) is 0 Å². The molecule has 0 aromatic carbocycles. The number of rotatable bonds is 17. The third-order valence-electron chi connectivity index (χ3n) is 4.47. The normalized spacial score (nSPS) is 11.7. The molecule has 149 valence electrons. The van der Waals surface area contributed by atoms with Crippen LogP contribution in [0.5, 0.6) is 0 Å². The van der Waals surface area contributed by atoms with Gasteiger partial charge in [0, 0.05) is 36.0 Å². The largest absolute Gasteiger partial charge is 0.392 e. The van der Waals surface area contributed by atoms with Crippen LogP contribution < -0.4 is 11.5 Å². The molecule has 5 nitrogen and oxygen atoms in total. The van der Waals surface area contributed by atoms with Crippen molar-refractivity contribution < 1.29 is 14.3 Å². The van der Waals surface area contributed by atoms with E-state index in [1.165, 1.54) is 51.4 Å². The van der Waals surface area contributed by atoms with Crippen molar-refractivity contribution in [1.29, 1.82) is 0 Å². The molecule has 0 aliphatic heterocycles. The zero-order chi connectivity index (χ0) is 18.8. The van der Waals surface area contributed by atoms with E-state index >= 15 is 0 Å². The molecule has 0 aromatic heterocycles. The number of esters is 2. The average Bonchev–Trinajstić information content (AvgIpc) is 2.59. The van der Waals surface area contributed by atoms with Crippen LogP contribution in [0.3, 0.4) is 0 Å². The van der Waals surface area contributed by atoms with Crippen LogP contribution in [-0.2, 0) is 14.3 Å². The van der Waals surface area contributed by atoms with Crippen molar-refractivity contribution in [1.82, 2.24) is 0 Å². The van der Waals surface area contributed by atoms with Gasteiger partial charge in [-0.1, -0.05) is 77.6 Å². The molecule has 26 heavy (non-hydrogen) atoms. The summed E-state index contributed by atoms with van der Waals surface area (Å²) in [7, 11) is 0. The van der Waals surface area contributed by atoms with E-state index in [1.54, 1.807) is 0 Å². The number of carbonyl (C=O) groups is 2. The van der Waals surface area contributed by atoms with Crippen LogP contribution in [0, 0.1) is 0 Å². The molecule has 0 heterocycles. The van der Waals surface area contributed by atoms with E-state index in [9.17, 15) is 9.59 Å². The Hall–Kier alpha value is 0.0600. The van der Waals surface area contributed by atoms with Gasteiger partial charge < -0.3 is 16.2 Å². The predicted molar refractivity (Wildman–Crippen MR) is 109 cm³/mol. The van der Waals surface area contributed by atoms with Crippen LogP contribution in [0.15, 0.2) is 0 Å². The fraction of sp³-hybridized carbons (Fsp3) is 0.900. The molecule has 1 radical (unpaired) electrons. The fourth-order valence-corrected chi connectivity index (χ4v) is 2.80. The Morgan fingerprint density at radius 1 is 0.808 bits per heavy atom. The smallest absolute Gasteiger partial charge is 0.330 e. The fourth-order valence-electron chi connectivity index (χ4n) is 2.80. The van der Waals surface area contributed by atoms with Crippen LogP contribution in [0.1, 0.15) is 103 Å². The van der Waals surface area contributed by atoms with E-state index in [0.717, 1.165) is 32.1 Å². The summed E-state index contributed by atoms with van der Waals surface area (Å²) in [5.41, 5.74) is 11.1. The first-order valence-corrected chi connectivity index (χ1v) is 10.3. The van der Waals surface area contributed by atoms with Gasteiger partial charge in [-0.05, 0) is 25.8 Å². The second kappa shape index (κ2) is 21.4. The Morgan fingerprint density at radius 3 is 1.81 bits per heavy atom. The third-order valence-corrected chi connectivity index (χ3v) is 4.47. The van der Waals surface area contributed by atoms with Gasteiger partial charge in [0.1, 0.15) is 6.04 Å². The van der Waals surface area contributed by atoms with Crippen molar-refractivity contribution in [3.05, 3.63) is 0 Å². The molecule has 0 aliphatic carbocycles. The molecule has 0 amide bonds. The second-order valence-electron chi connectivity index (χ2n) is 6.97. The molecule has 0 unspecified atom stereocenters. The Kier molecular flexibility index (Phi) is 23.2. The van der Waals surface area contributed by atoms with Gasteiger partial charge in [-0.15, -0.1) is 0 Å². The van der Waals surface area contributed by atoms with Crippen LogP contribution in [-0.4, -0.2) is 54.1 Å². The number of hydrogen-bond donors (Lipinski definition) is 2. The summed E-state index contributed by atoms with van der Waals surface area (Å²) in [5.74, 6) is -1.06. The second-order valence-corrected chi connectivity index (χ2v) is 6.97. The van der Waals surface area contributed by atoms with E-state index in [4.69, 9.17) is 16.2 Å². The molecule has 0 rings (SSSR count). The maximum atomic E-state index is 11.6. The number of nitrogens with two attached hydrogens (primary N) is 2. The summed E-state index contributed by atoms with van der Waals surface area (Å²) in [6.07, 6.45) is 15.9. The van der Waals surface area contributed by atoms with Gasteiger partial charge in [0.25, 0.3) is 0 Å². The zero-order valence-electron chi connectivity index (χ0n) is 17.3. The van der Waals surface area contributed by atoms with Gasteiger partial charge >= 0.3 is 11.9 Å². The standard InChI is InChI=1S/C20H40N2O3.Na/c1-2-3-4-5-6-7-8-9-10-11-12-16-19(23)25-20(24)18(22)15-13-14-17-21;/h18H,2-17,21-22H2,1H3;/t18-;/m0./s1. The first-order chi connectivity index (χ1) is 12.1. The average molecular weight is 380 g/mol. The number of unbranched alkanes of at least 4 members (excludes halogenated alkanes) is 11. The molecule has 0 aliphatic rings. The monoisotopic (exact) mass is 379 g/mol. The molecule has 0 spiro atoms. The minimum atomic E-state index is -0.715. The van der Waals surface area contributed by atoms with Crippen molar-refractivity contribution in [2.75, 3.05) is 6.54 Å². The Bertz CT molecular complexity index is 341. The van der Waals surface area contributed by atoms with E-state index in [0.29, 0.717) is 19.4 Å². The van der Waals surface area contributed by atoms with Crippen LogP contribution in [0.4, 0.5) is 0 Å².